The molecule has 0 aromatic heterocycles. The molecule has 652 valence electrons. The molecule has 0 radical (unpaired) electrons. The Morgan fingerprint density at radius 1 is 0.363 bits per heavy atom. The summed E-state index contributed by atoms with van der Waals surface area (Å²) >= 11 is 0. The van der Waals surface area contributed by atoms with Gasteiger partial charge in [-0.05, 0) is 0 Å². The number of amides is 4. The van der Waals surface area contributed by atoms with Gasteiger partial charge in [0.15, 0.2) is 37.7 Å². The highest BCUT2D eigenvalue weighted by molar-refractivity contribution is 5.78. The summed E-state index contributed by atoms with van der Waals surface area (Å²) in [5.74, 6) is -14.6. The van der Waals surface area contributed by atoms with E-state index in [1.807, 2.05) is 0 Å². The van der Waals surface area contributed by atoms with E-state index in [4.69, 9.17) is 71.1 Å². The smallest absolute Gasteiger partial charge is 0.364 e. The third kappa shape index (κ3) is 20.6. The number of rotatable bonds is 32. The summed E-state index contributed by atoms with van der Waals surface area (Å²) in [4.78, 5) is 76.8. The predicted molar refractivity (Wildman–Crippen MR) is 345 cm³/mol. The van der Waals surface area contributed by atoms with Crippen molar-refractivity contribution in [3.63, 3.8) is 0 Å². The molecule has 8 rings (SSSR count). The first-order valence-electron chi connectivity index (χ1n) is 35.4. The van der Waals surface area contributed by atoms with Crippen molar-refractivity contribution in [3.8, 4) is 0 Å². The van der Waals surface area contributed by atoms with Gasteiger partial charge in [-0.15, -0.1) is 0 Å². The van der Waals surface area contributed by atoms with E-state index >= 15 is 0 Å². The molecule has 8 fully saturated rings. The van der Waals surface area contributed by atoms with E-state index in [0.717, 1.165) is 27.7 Å². The highest BCUT2D eigenvalue weighted by Gasteiger charge is 2.64. The molecule has 0 unspecified atom stereocenters. The number of hydrogen-bond acceptors (Lipinski definition) is 45. The second-order valence-electron chi connectivity index (χ2n) is 28.2. The van der Waals surface area contributed by atoms with Gasteiger partial charge in [-0.1, -0.05) is 0 Å². The minimum atomic E-state index is -3.29. The summed E-state index contributed by atoms with van der Waals surface area (Å²) < 4.78 is 87.0. The molecule has 8 aliphatic heterocycles. The molecule has 8 saturated heterocycles. The Balaban J connectivity index is 1.06. The number of aliphatic hydroxyl groups is 24. The minimum Gasteiger partial charge on any atom is -0.477 e. The molecule has 42 atom stereocenters. The summed E-state index contributed by atoms with van der Waals surface area (Å²) in [5.41, 5.74) is 0. The Hall–Kier alpha value is -4.74. The zero-order chi connectivity index (χ0) is 84.1. The predicted octanol–water partition coefficient (Wildman–Crippen LogP) is -19.5. The van der Waals surface area contributed by atoms with Gasteiger partial charge in [0.2, 0.25) is 23.6 Å². The van der Waals surface area contributed by atoms with Gasteiger partial charge in [-0.25, -0.2) is 9.59 Å². The van der Waals surface area contributed by atoms with Crippen molar-refractivity contribution < 1.29 is 233 Å². The number of ether oxygens (including phenoxy) is 15. The first-order valence-corrected chi connectivity index (χ1v) is 35.4. The van der Waals surface area contributed by atoms with E-state index in [-0.39, 0.29) is 0 Å². The zero-order valence-corrected chi connectivity index (χ0v) is 60.4. The van der Waals surface area contributed by atoms with Crippen LogP contribution in [0.1, 0.15) is 40.5 Å². The summed E-state index contributed by atoms with van der Waals surface area (Å²) in [7, 11) is 0. The van der Waals surface area contributed by atoms with Crippen LogP contribution in [0.3, 0.4) is 0 Å². The summed E-state index contributed by atoms with van der Waals surface area (Å²) in [6.07, 6.45) is -82.0. The lowest BCUT2D eigenvalue weighted by molar-refractivity contribution is -0.392. The van der Waals surface area contributed by atoms with Gasteiger partial charge in [0.05, 0.1) is 77.1 Å². The fraction of sp³-hybridized carbons (Fsp3) is 0.903. The molecule has 0 saturated carbocycles. The number of carbonyl (C=O) groups is 6. The van der Waals surface area contributed by atoms with E-state index in [1.54, 1.807) is 0 Å². The normalized spacial score (nSPS) is 45.6. The van der Waals surface area contributed by atoms with Gasteiger partial charge in [0, 0.05) is 40.5 Å². The van der Waals surface area contributed by atoms with Crippen molar-refractivity contribution in [2.45, 2.75) is 297 Å². The third-order valence-corrected chi connectivity index (χ3v) is 20.2. The molecule has 51 nitrogen and oxygen atoms in total. The van der Waals surface area contributed by atoms with Crippen LogP contribution in [0.15, 0.2) is 0 Å². The minimum absolute atomic E-state index is 0.869. The Kier molecular flexibility index (Phi) is 33.1. The van der Waals surface area contributed by atoms with E-state index in [0.29, 0.717) is 0 Å². The van der Waals surface area contributed by atoms with Crippen LogP contribution < -0.4 is 21.3 Å². The van der Waals surface area contributed by atoms with Crippen molar-refractivity contribution in [3.05, 3.63) is 0 Å². The first kappa shape index (κ1) is 93.8. The molecule has 0 aromatic carbocycles. The van der Waals surface area contributed by atoms with Gasteiger partial charge in [-0.3, -0.25) is 19.2 Å². The Morgan fingerprint density at radius 3 is 1.04 bits per heavy atom. The Bertz CT molecular complexity index is 3110. The van der Waals surface area contributed by atoms with Crippen LogP contribution in [0.4, 0.5) is 0 Å². The summed E-state index contributed by atoms with van der Waals surface area (Å²) in [6.45, 7) is -5.84. The zero-order valence-electron chi connectivity index (χ0n) is 60.4. The molecule has 30 N–H and O–H groups in total. The maximum atomic E-state index is 13.2. The largest absolute Gasteiger partial charge is 0.477 e. The SMILES string of the molecule is CC(=O)N[C@H]1[C@H](OC[C@H]2O[C@@H](O[C@H]3[C@H](O)[C@@H](O)[C@H](O)O[C@@H]3CO)[C@H](O)[C@@H](O[C@@H]3O[C@H](CO)[C@@H](O[C@@H]4O[C@H](CO)[C@H](O)[C@H](O[C@@]5(C(=O)O)C[C@H](O)[C@@H](NC(C)=O)[C@H]([C@H](O)[C@H](O)CO)O5)[C@H]4O)[C@H](O)[C@H]3NC(C)=O)[C@H]2O)O[C@H](CO)[C@@H](O[C@@H]2O[C@H](CO)[C@H](O)[C@H](O[C@@]3(C(=O)O)C[C@H](O)[C@@H](NC(C)=O)[C@H]([C@H](O)[C@H](O)CO)O3)[C@H]2O)[C@@H]1O. The Labute approximate surface area is 637 Å². The van der Waals surface area contributed by atoms with Gasteiger partial charge in [-0.2, -0.15) is 0 Å². The Morgan fingerprint density at radius 2 is 0.673 bits per heavy atom. The number of carboxylic acids is 2. The van der Waals surface area contributed by atoms with Crippen LogP contribution in [-0.2, 0) is 99.8 Å². The number of carbonyl (C=O) groups excluding carboxylic acids is 4. The van der Waals surface area contributed by atoms with E-state index in [1.165, 1.54) is 0 Å². The number of aliphatic carboxylic acids is 2. The van der Waals surface area contributed by atoms with Gasteiger partial charge in [0.25, 0.3) is 11.6 Å². The fourth-order valence-electron chi connectivity index (χ4n) is 14.4. The third-order valence-electron chi connectivity index (χ3n) is 20.2. The van der Waals surface area contributed by atoms with Crippen molar-refractivity contribution in [1.29, 1.82) is 0 Å². The van der Waals surface area contributed by atoms with Crippen molar-refractivity contribution in [1.82, 2.24) is 21.3 Å². The van der Waals surface area contributed by atoms with Crippen LogP contribution in [0, 0.1) is 0 Å². The lowest BCUT2D eigenvalue weighted by Crippen LogP contribution is -2.71. The molecule has 0 spiro atoms. The lowest BCUT2D eigenvalue weighted by atomic mass is 9.88. The van der Waals surface area contributed by atoms with E-state index < -0.39 is 358 Å². The first-order chi connectivity index (χ1) is 53.1. The number of aliphatic hydroxyl groups excluding tert-OH is 24. The maximum absolute atomic E-state index is 13.2. The highest BCUT2D eigenvalue weighted by Crippen LogP contribution is 2.43. The highest BCUT2D eigenvalue weighted by atomic mass is 16.8. The molecule has 113 heavy (non-hydrogen) atoms. The van der Waals surface area contributed by atoms with Gasteiger partial charge in [0.1, 0.15) is 183 Å². The number of nitrogens with one attached hydrogen (secondary N) is 4. The fourth-order valence-corrected chi connectivity index (χ4v) is 14.4. The molecular formula is C62H102N4O47. The van der Waals surface area contributed by atoms with Crippen LogP contribution in [-0.4, -0.2) is 478 Å². The van der Waals surface area contributed by atoms with Crippen molar-refractivity contribution in [2.24, 2.45) is 0 Å². The summed E-state index contributed by atoms with van der Waals surface area (Å²) in [5, 5.41) is 295. The second-order valence-corrected chi connectivity index (χ2v) is 28.2. The molecule has 51 heteroatoms. The number of carboxylic acid groups (broad SMARTS) is 2. The van der Waals surface area contributed by atoms with Gasteiger partial charge < -0.3 is 225 Å². The average Bonchev–Trinajstić information content (AvgIpc) is 0.752. The topological polar surface area (TPSA) is 815 Å². The standard InChI is InChI=1S/C62H102N4O47/c1-15(74)63-29-19(78)5-61(59(95)96,110-48(29)33(82)21(80)7-67)112-51-35(84)23(9-69)101-57(43(51)92)106-45-26(12-72)103-54(31(38(45)87)65-17(3)76)99-14-28-37(86)50(42(91)56(105-28)108-47-25(11-71)100-53(94)41(90)40(47)89)109-55-32(66-18(4)77)39(88)46(27(13-73)104-55)107-58-44(93)52(36(85)24(10-70)102-58)113-62(60(97)98)6-20(79)30(64-16(2)75)49(111-62)34(83)22(81)8-68/h19-58,67-73,78-94H,5-14H2,1-4H3,(H,63,74)(H,64,75)(H,65,76)(H,66,77)(H,95,96)(H,97,98)/t19-,20-,21+,22+,23+,24+,25+,26+,27+,28+,29+,30+,31+,32+,33+,34+,35-,36-,37-,38+,39+,40+,41+,42+,43+,44+,45+,46+,47+,48+,49+,50-,51-,52-,53+,54+,55-,56-,57-,58-,61+,62+/m0/s1. The lowest BCUT2D eigenvalue weighted by Gasteiger charge is -2.51. The van der Waals surface area contributed by atoms with Crippen LogP contribution in [0.25, 0.3) is 0 Å². The van der Waals surface area contributed by atoms with Crippen LogP contribution in [0.2, 0.25) is 0 Å². The van der Waals surface area contributed by atoms with Gasteiger partial charge >= 0.3 is 11.9 Å². The number of hydrogen-bond donors (Lipinski definition) is 30. The van der Waals surface area contributed by atoms with Crippen molar-refractivity contribution in [2.75, 3.05) is 52.9 Å². The molecule has 4 amide bonds. The molecular weight excluding hydrogens is 1550 g/mol. The van der Waals surface area contributed by atoms with E-state index in [2.05, 4.69) is 21.3 Å². The second kappa shape index (κ2) is 39.9. The molecule has 0 aromatic rings. The molecule has 8 heterocycles. The van der Waals surface area contributed by atoms with Crippen LogP contribution >= 0.6 is 0 Å². The van der Waals surface area contributed by atoms with E-state index in [9.17, 15) is 162 Å². The molecule has 8 aliphatic rings. The monoisotopic (exact) mass is 1650 g/mol. The maximum Gasteiger partial charge on any atom is 0.364 e. The van der Waals surface area contributed by atoms with Crippen molar-refractivity contribution >= 4 is 35.6 Å². The van der Waals surface area contributed by atoms with Crippen LogP contribution in [0.5, 0.6) is 0 Å². The summed E-state index contributed by atoms with van der Waals surface area (Å²) in [6, 6.07) is -7.50. The quantitative estimate of drug-likeness (QED) is 0.0297. The average molecular weight is 1660 g/mol. The molecule has 0 bridgehead atoms. The molecule has 0 aliphatic carbocycles.